The summed E-state index contributed by atoms with van der Waals surface area (Å²) in [6.07, 6.45) is 3.70. The summed E-state index contributed by atoms with van der Waals surface area (Å²) in [5.41, 5.74) is 6.02. The molecule has 7 heteroatoms. The molecule has 0 spiro atoms. The van der Waals surface area contributed by atoms with Crippen LogP contribution in [0.4, 0.5) is 23.0 Å². The maximum absolute atomic E-state index is 4.80. The lowest BCUT2D eigenvalue weighted by molar-refractivity contribution is 1.09. The van der Waals surface area contributed by atoms with E-state index in [4.69, 9.17) is 9.97 Å². The fraction of sp³-hybridized carbons (Fsp3) is 0.208. The Hall–Kier alpha value is -3.32. The van der Waals surface area contributed by atoms with Gasteiger partial charge >= 0.3 is 0 Å². The Morgan fingerprint density at radius 1 is 0.839 bits per heavy atom. The Bertz CT molecular complexity index is 1170. The minimum absolute atomic E-state index is 0.608. The molecule has 0 bridgehead atoms. The van der Waals surface area contributed by atoms with Crippen molar-refractivity contribution in [1.29, 1.82) is 0 Å². The molecule has 6 nitrogen and oxygen atoms in total. The van der Waals surface area contributed by atoms with E-state index in [-0.39, 0.29) is 0 Å². The van der Waals surface area contributed by atoms with Crippen LogP contribution in [0.15, 0.2) is 65.7 Å². The largest absolute Gasteiger partial charge is 0.388 e. The zero-order valence-corrected chi connectivity index (χ0v) is 18.8. The highest BCUT2D eigenvalue weighted by atomic mass is 32.2. The molecule has 2 heterocycles. The summed E-state index contributed by atoms with van der Waals surface area (Å²) in [6, 6.07) is 18.6. The van der Waals surface area contributed by atoms with Gasteiger partial charge in [0.15, 0.2) is 17.3 Å². The molecule has 0 atom stereocenters. The first-order valence-corrected chi connectivity index (χ1v) is 11.2. The highest BCUT2D eigenvalue weighted by Crippen LogP contribution is 2.30. The van der Waals surface area contributed by atoms with Crippen LogP contribution in [0.5, 0.6) is 0 Å². The SMILES string of the molecule is CCc1cc(CC)cc(Nc2nc3cccnc3nc2NSc2cccc(NC)c2)c1. The number of benzene rings is 2. The van der Waals surface area contributed by atoms with Crippen LogP contribution in [0.3, 0.4) is 0 Å². The van der Waals surface area contributed by atoms with Crippen LogP contribution in [-0.2, 0) is 12.8 Å². The lowest BCUT2D eigenvalue weighted by atomic mass is 10.1. The molecule has 2 aromatic heterocycles. The molecular formula is C24H26N6S. The number of hydrogen-bond donors (Lipinski definition) is 3. The third-order valence-electron chi connectivity index (χ3n) is 4.96. The van der Waals surface area contributed by atoms with Gasteiger partial charge in [-0.1, -0.05) is 26.0 Å². The van der Waals surface area contributed by atoms with E-state index in [1.807, 2.05) is 31.3 Å². The van der Waals surface area contributed by atoms with Gasteiger partial charge in [0.1, 0.15) is 5.52 Å². The number of rotatable bonds is 8. The molecule has 0 saturated heterocycles. The number of fused-ring (bicyclic) bond motifs is 1. The van der Waals surface area contributed by atoms with Crippen molar-refractivity contribution < 1.29 is 0 Å². The van der Waals surface area contributed by atoms with Crippen LogP contribution in [0.1, 0.15) is 25.0 Å². The van der Waals surface area contributed by atoms with Gasteiger partial charge in [-0.2, -0.15) is 0 Å². The van der Waals surface area contributed by atoms with E-state index in [1.54, 1.807) is 6.20 Å². The van der Waals surface area contributed by atoms with Crippen molar-refractivity contribution in [2.24, 2.45) is 0 Å². The van der Waals surface area contributed by atoms with Gasteiger partial charge in [0.05, 0.1) is 0 Å². The maximum atomic E-state index is 4.80. The Balaban J connectivity index is 1.68. The quantitative estimate of drug-likeness (QED) is 0.294. The molecular weight excluding hydrogens is 404 g/mol. The van der Waals surface area contributed by atoms with Gasteiger partial charge in [0, 0.05) is 29.5 Å². The molecule has 0 aliphatic heterocycles. The highest BCUT2D eigenvalue weighted by molar-refractivity contribution is 8.00. The molecule has 0 saturated carbocycles. The average molecular weight is 431 g/mol. The normalized spacial score (nSPS) is 10.8. The predicted molar refractivity (Wildman–Crippen MR) is 131 cm³/mol. The van der Waals surface area contributed by atoms with Crippen molar-refractivity contribution in [3.8, 4) is 0 Å². The van der Waals surface area contributed by atoms with Gasteiger partial charge in [0.25, 0.3) is 0 Å². The summed E-state index contributed by atoms with van der Waals surface area (Å²) in [7, 11) is 1.91. The monoisotopic (exact) mass is 430 g/mol. The van der Waals surface area contributed by atoms with Crippen molar-refractivity contribution in [1.82, 2.24) is 15.0 Å². The molecule has 3 N–H and O–H groups in total. The number of hydrogen-bond acceptors (Lipinski definition) is 7. The van der Waals surface area contributed by atoms with E-state index in [2.05, 4.69) is 64.5 Å². The second-order valence-corrected chi connectivity index (χ2v) is 8.00. The number of anilines is 4. The fourth-order valence-electron chi connectivity index (χ4n) is 3.25. The van der Waals surface area contributed by atoms with E-state index in [0.29, 0.717) is 17.3 Å². The van der Waals surface area contributed by atoms with Crippen LogP contribution in [0.2, 0.25) is 0 Å². The number of nitrogens with one attached hydrogen (secondary N) is 3. The zero-order chi connectivity index (χ0) is 21.6. The zero-order valence-electron chi connectivity index (χ0n) is 17.9. The molecule has 0 aliphatic rings. The molecule has 4 rings (SSSR count). The Labute approximate surface area is 187 Å². The van der Waals surface area contributed by atoms with E-state index in [1.165, 1.54) is 23.1 Å². The van der Waals surface area contributed by atoms with Gasteiger partial charge in [0.2, 0.25) is 0 Å². The summed E-state index contributed by atoms with van der Waals surface area (Å²) in [5, 5.41) is 6.65. The minimum Gasteiger partial charge on any atom is -0.388 e. The number of nitrogens with zero attached hydrogens (tertiary/aromatic N) is 3. The summed E-state index contributed by atoms with van der Waals surface area (Å²) in [5.74, 6) is 1.32. The fourth-order valence-corrected chi connectivity index (χ4v) is 3.94. The lowest BCUT2D eigenvalue weighted by Gasteiger charge is -2.14. The van der Waals surface area contributed by atoms with Crippen LogP contribution >= 0.6 is 11.9 Å². The summed E-state index contributed by atoms with van der Waals surface area (Å²) >= 11 is 1.49. The number of aromatic nitrogens is 3. The Kier molecular flexibility index (Phi) is 6.52. The number of pyridine rings is 1. The number of aryl methyl sites for hydroxylation is 2. The highest BCUT2D eigenvalue weighted by Gasteiger charge is 2.12. The van der Waals surface area contributed by atoms with Gasteiger partial charge < -0.3 is 15.4 Å². The van der Waals surface area contributed by atoms with E-state index < -0.39 is 0 Å². The second kappa shape index (κ2) is 9.66. The van der Waals surface area contributed by atoms with Gasteiger partial charge in [-0.3, -0.25) is 0 Å². The lowest BCUT2D eigenvalue weighted by Crippen LogP contribution is -2.03. The first-order valence-electron chi connectivity index (χ1n) is 10.4. The van der Waals surface area contributed by atoms with Crippen molar-refractivity contribution >= 4 is 46.1 Å². The Morgan fingerprint density at radius 3 is 2.39 bits per heavy atom. The molecule has 0 fully saturated rings. The molecule has 2 aromatic carbocycles. The summed E-state index contributed by atoms with van der Waals surface area (Å²) in [6.45, 7) is 4.34. The van der Waals surface area contributed by atoms with E-state index >= 15 is 0 Å². The summed E-state index contributed by atoms with van der Waals surface area (Å²) in [4.78, 5) is 15.0. The van der Waals surface area contributed by atoms with Gasteiger partial charge in [-0.25, -0.2) is 15.0 Å². The van der Waals surface area contributed by atoms with Crippen molar-refractivity contribution in [2.75, 3.05) is 22.4 Å². The first kappa shape index (κ1) is 20.9. The van der Waals surface area contributed by atoms with Crippen LogP contribution in [0.25, 0.3) is 11.2 Å². The standard InChI is InChI=1S/C24H26N6S/c1-4-16-12-17(5-2)14-19(13-16)27-23-24(29-22-21(28-23)10-7-11-26-22)30-31-20-9-6-8-18(15-20)25-3/h6-15,25H,4-5H2,1-3H3,(H,27,28)(H,26,29,30). The molecule has 0 radical (unpaired) electrons. The molecule has 0 amide bonds. The maximum Gasteiger partial charge on any atom is 0.182 e. The second-order valence-electron chi connectivity index (χ2n) is 7.12. The molecule has 158 valence electrons. The smallest absolute Gasteiger partial charge is 0.182 e. The van der Waals surface area contributed by atoms with E-state index in [0.717, 1.165) is 34.6 Å². The van der Waals surface area contributed by atoms with Crippen LogP contribution in [0, 0.1) is 0 Å². The van der Waals surface area contributed by atoms with Gasteiger partial charge in [-0.15, -0.1) is 0 Å². The molecule has 31 heavy (non-hydrogen) atoms. The van der Waals surface area contributed by atoms with Gasteiger partial charge in [-0.05, 0) is 78.4 Å². The van der Waals surface area contributed by atoms with E-state index in [9.17, 15) is 0 Å². The Morgan fingerprint density at radius 2 is 1.65 bits per heavy atom. The van der Waals surface area contributed by atoms with Crippen molar-refractivity contribution in [2.45, 2.75) is 31.6 Å². The van der Waals surface area contributed by atoms with Crippen molar-refractivity contribution in [3.05, 3.63) is 71.9 Å². The minimum atomic E-state index is 0.608. The average Bonchev–Trinajstić information content (AvgIpc) is 2.82. The molecule has 0 unspecified atom stereocenters. The predicted octanol–water partition coefficient (Wildman–Crippen LogP) is 6.05. The third-order valence-corrected chi connectivity index (χ3v) is 5.75. The van der Waals surface area contributed by atoms with Crippen LogP contribution < -0.4 is 15.4 Å². The third kappa shape index (κ3) is 5.06. The summed E-state index contributed by atoms with van der Waals surface area (Å²) < 4.78 is 3.36. The first-order chi connectivity index (χ1) is 15.2. The molecule has 0 aliphatic carbocycles. The van der Waals surface area contributed by atoms with Crippen molar-refractivity contribution in [3.63, 3.8) is 0 Å². The van der Waals surface area contributed by atoms with Crippen LogP contribution in [-0.4, -0.2) is 22.0 Å². The topological polar surface area (TPSA) is 74.8 Å². The molecule has 4 aromatic rings.